The summed E-state index contributed by atoms with van der Waals surface area (Å²) in [4.78, 5) is 25.4. The van der Waals surface area contributed by atoms with E-state index in [2.05, 4.69) is 154 Å². The first-order valence-electron chi connectivity index (χ1n) is 25.7. The van der Waals surface area contributed by atoms with Crippen LogP contribution in [0.3, 0.4) is 0 Å². The van der Waals surface area contributed by atoms with Crippen molar-refractivity contribution in [2.75, 3.05) is 19.8 Å². The maximum absolute atomic E-state index is 12.8. The van der Waals surface area contributed by atoms with Crippen LogP contribution in [0.25, 0.3) is 0 Å². The summed E-state index contributed by atoms with van der Waals surface area (Å²) in [5.74, 6) is -0.488. The van der Waals surface area contributed by atoms with E-state index in [0.717, 1.165) is 141 Å². The Morgan fingerprint density at radius 1 is 0.359 bits per heavy atom. The minimum absolute atomic E-state index is 0.0383. The normalized spacial score (nSPS) is 13.4. The molecule has 360 valence electrons. The van der Waals surface area contributed by atoms with Gasteiger partial charge in [0.2, 0.25) is 0 Å². The maximum atomic E-state index is 12.8. The molecule has 0 amide bonds. The second-order valence-corrected chi connectivity index (χ2v) is 16.3. The monoisotopic (exact) mass is 883 g/mol. The topological polar surface area (TPSA) is 61.8 Å². The number of hydrogen-bond acceptors (Lipinski definition) is 5. The van der Waals surface area contributed by atoms with Crippen molar-refractivity contribution in [2.24, 2.45) is 0 Å². The summed E-state index contributed by atoms with van der Waals surface area (Å²) in [5.41, 5.74) is 0. The van der Waals surface area contributed by atoms with Crippen LogP contribution >= 0.6 is 0 Å². The fourth-order valence-corrected chi connectivity index (χ4v) is 6.39. The Hall–Kier alpha value is -3.96. The molecule has 1 atom stereocenters. The van der Waals surface area contributed by atoms with Gasteiger partial charge in [-0.3, -0.25) is 9.59 Å². The Labute approximate surface area is 394 Å². The third-order valence-corrected chi connectivity index (χ3v) is 10.1. The molecule has 64 heavy (non-hydrogen) atoms. The highest BCUT2D eigenvalue weighted by Gasteiger charge is 2.17. The largest absolute Gasteiger partial charge is 0.462 e. The number of hydrogen-bond donors (Lipinski definition) is 0. The van der Waals surface area contributed by atoms with Gasteiger partial charge in [0.05, 0.1) is 6.61 Å². The molecule has 0 saturated heterocycles. The molecule has 0 aromatic heterocycles. The molecule has 0 aliphatic rings. The summed E-state index contributed by atoms with van der Waals surface area (Å²) in [6.45, 7) is 7.40. The van der Waals surface area contributed by atoms with Crippen molar-refractivity contribution < 1.29 is 23.8 Å². The molecule has 0 aliphatic carbocycles. The third-order valence-electron chi connectivity index (χ3n) is 10.1. The third kappa shape index (κ3) is 50.7. The van der Waals surface area contributed by atoms with Crippen molar-refractivity contribution in [3.8, 4) is 0 Å². The van der Waals surface area contributed by atoms with Crippen LogP contribution in [-0.2, 0) is 23.8 Å². The lowest BCUT2D eigenvalue weighted by atomic mass is 10.1. The molecule has 5 heteroatoms. The zero-order valence-corrected chi connectivity index (χ0v) is 41.2. The van der Waals surface area contributed by atoms with Crippen LogP contribution in [0.2, 0.25) is 0 Å². The number of allylic oxidation sites excluding steroid dienone is 22. The fraction of sp³-hybridized carbons (Fsp3) is 0.593. The molecule has 1 unspecified atom stereocenters. The molecule has 0 aromatic rings. The Morgan fingerprint density at radius 3 is 1.16 bits per heavy atom. The highest BCUT2D eigenvalue weighted by molar-refractivity contribution is 5.70. The van der Waals surface area contributed by atoms with Gasteiger partial charge >= 0.3 is 11.9 Å². The van der Waals surface area contributed by atoms with Crippen LogP contribution in [0.1, 0.15) is 201 Å². The molecule has 0 aromatic carbocycles. The van der Waals surface area contributed by atoms with E-state index in [4.69, 9.17) is 14.2 Å². The Bertz CT molecular complexity index is 1370. The predicted molar refractivity (Wildman–Crippen MR) is 278 cm³/mol. The summed E-state index contributed by atoms with van der Waals surface area (Å²) < 4.78 is 17.3. The smallest absolute Gasteiger partial charge is 0.306 e. The second-order valence-electron chi connectivity index (χ2n) is 16.3. The Balaban J connectivity index is 4.43. The number of rotatable bonds is 45. The standard InChI is InChI=1S/C59H94O5/c1-4-7-10-13-16-19-22-25-27-28-29-30-31-33-36-39-42-45-48-51-54-62-55-57(64-59(61)53-50-47-44-41-38-34-24-21-18-15-12-9-6-3)56-63-58(60)52-49-46-43-40-37-35-32-26-23-20-17-14-11-8-5-2/h7-8,10-12,15-17,19-21,24-27,29-30,32-33,36-37,40,57H,4-6,9,13-14,18,22-23,28,31,34-35,38-39,41-56H2,1-3H3/b10-7-,11-8-,15-12-,19-16-,20-17-,24-21-,27-25-,30-29-,32-26-,36-33-,40-37-. The maximum Gasteiger partial charge on any atom is 0.306 e. The molecule has 0 fully saturated rings. The summed E-state index contributed by atoms with van der Waals surface area (Å²) in [7, 11) is 0. The first kappa shape index (κ1) is 60.0. The lowest BCUT2D eigenvalue weighted by Gasteiger charge is -2.18. The van der Waals surface area contributed by atoms with Crippen molar-refractivity contribution in [3.63, 3.8) is 0 Å². The van der Waals surface area contributed by atoms with Gasteiger partial charge in [-0.1, -0.05) is 193 Å². The van der Waals surface area contributed by atoms with Gasteiger partial charge in [-0.05, 0) is 128 Å². The lowest BCUT2D eigenvalue weighted by molar-refractivity contribution is -0.163. The average molecular weight is 883 g/mol. The quantitative estimate of drug-likeness (QED) is 0.0346. The van der Waals surface area contributed by atoms with Crippen LogP contribution in [-0.4, -0.2) is 37.9 Å². The minimum Gasteiger partial charge on any atom is -0.462 e. The Kier molecular flexibility index (Phi) is 50.1. The number of ether oxygens (including phenoxy) is 3. The SMILES string of the molecule is CC/C=C\C/C=C\C/C=C\C/C=C\C/C=C\CCCCCCOCC(COC(=O)CCCC/C=C\C/C=C\C/C=C\C/C=C\CC)OC(=O)CCCCCCC/C=C\C/C=C\CCC. The van der Waals surface area contributed by atoms with Gasteiger partial charge in [0, 0.05) is 19.4 Å². The number of esters is 2. The van der Waals surface area contributed by atoms with Crippen LogP contribution in [0.4, 0.5) is 0 Å². The van der Waals surface area contributed by atoms with E-state index in [-0.39, 0.29) is 25.2 Å². The molecule has 5 nitrogen and oxygen atoms in total. The molecule has 0 radical (unpaired) electrons. The van der Waals surface area contributed by atoms with Crippen molar-refractivity contribution in [3.05, 3.63) is 134 Å². The molecule has 0 heterocycles. The molecule has 0 N–H and O–H groups in total. The minimum atomic E-state index is -0.584. The fourth-order valence-electron chi connectivity index (χ4n) is 6.39. The number of carbonyl (C=O) groups is 2. The van der Waals surface area contributed by atoms with Gasteiger partial charge in [0.15, 0.2) is 6.10 Å². The first-order chi connectivity index (χ1) is 31.6. The van der Waals surface area contributed by atoms with Gasteiger partial charge in [-0.2, -0.15) is 0 Å². The van der Waals surface area contributed by atoms with E-state index in [9.17, 15) is 9.59 Å². The van der Waals surface area contributed by atoms with Crippen molar-refractivity contribution in [2.45, 2.75) is 207 Å². The van der Waals surface area contributed by atoms with E-state index in [0.29, 0.717) is 19.4 Å². The summed E-state index contributed by atoms with van der Waals surface area (Å²) in [6.07, 6.45) is 76.1. The van der Waals surface area contributed by atoms with Gasteiger partial charge in [0.1, 0.15) is 6.61 Å². The molecular weight excluding hydrogens is 789 g/mol. The summed E-state index contributed by atoms with van der Waals surface area (Å²) in [5, 5.41) is 0. The van der Waals surface area contributed by atoms with Gasteiger partial charge in [-0.25, -0.2) is 0 Å². The van der Waals surface area contributed by atoms with Crippen LogP contribution in [0, 0.1) is 0 Å². The highest BCUT2D eigenvalue weighted by Crippen LogP contribution is 2.11. The lowest BCUT2D eigenvalue weighted by Crippen LogP contribution is -2.30. The average Bonchev–Trinajstić information content (AvgIpc) is 3.30. The van der Waals surface area contributed by atoms with E-state index < -0.39 is 6.10 Å². The van der Waals surface area contributed by atoms with Gasteiger partial charge in [-0.15, -0.1) is 0 Å². The molecule has 0 aliphatic heterocycles. The van der Waals surface area contributed by atoms with Crippen LogP contribution in [0.15, 0.2) is 134 Å². The first-order valence-corrected chi connectivity index (χ1v) is 25.7. The van der Waals surface area contributed by atoms with Crippen molar-refractivity contribution in [1.82, 2.24) is 0 Å². The molecule has 0 saturated carbocycles. The van der Waals surface area contributed by atoms with Crippen LogP contribution < -0.4 is 0 Å². The molecule has 0 bridgehead atoms. The zero-order valence-electron chi connectivity index (χ0n) is 41.2. The van der Waals surface area contributed by atoms with Crippen LogP contribution in [0.5, 0.6) is 0 Å². The summed E-state index contributed by atoms with van der Waals surface area (Å²) >= 11 is 0. The zero-order chi connectivity index (χ0) is 46.3. The molecule has 0 rings (SSSR count). The Morgan fingerprint density at radius 2 is 0.703 bits per heavy atom. The number of unbranched alkanes of at least 4 members (excludes halogenated alkanes) is 12. The van der Waals surface area contributed by atoms with E-state index >= 15 is 0 Å². The van der Waals surface area contributed by atoms with Gasteiger partial charge in [0.25, 0.3) is 0 Å². The predicted octanol–water partition coefficient (Wildman–Crippen LogP) is 17.6. The van der Waals surface area contributed by atoms with E-state index in [1.54, 1.807) is 0 Å². The molecular formula is C59H94O5. The molecule has 0 spiro atoms. The number of carbonyl (C=O) groups excluding carboxylic acids is 2. The second kappa shape index (κ2) is 53.4. The highest BCUT2D eigenvalue weighted by atomic mass is 16.6. The van der Waals surface area contributed by atoms with E-state index in [1.807, 2.05) is 0 Å². The van der Waals surface area contributed by atoms with Crippen molar-refractivity contribution in [1.29, 1.82) is 0 Å². The van der Waals surface area contributed by atoms with E-state index in [1.165, 1.54) is 25.7 Å². The van der Waals surface area contributed by atoms with Gasteiger partial charge < -0.3 is 14.2 Å². The summed E-state index contributed by atoms with van der Waals surface area (Å²) in [6, 6.07) is 0. The van der Waals surface area contributed by atoms with Crippen molar-refractivity contribution >= 4 is 11.9 Å².